The van der Waals surface area contributed by atoms with Crippen molar-refractivity contribution in [2.24, 2.45) is 0 Å². The molecule has 1 N–H and O–H groups in total. The highest BCUT2D eigenvalue weighted by Crippen LogP contribution is 2.26. The van der Waals surface area contributed by atoms with Crippen molar-refractivity contribution in [1.29, 1.82) is 0 Å². The Balaban J connectivity index is 1.52. The Bertz CT molecular complexity index is 1320. The maximum Gasteiger partial charge on any atom is 0.234 e. The first kappa shape index (κ1) is 24.1. The van der Waals surface area contributed by atoms with Crippen LogP contribution in [0.2, 0.25) is 5.02 Å². The predicted molar refractivity (Wildman–Crippen MR) is 143 cm³/mol. The van der Waals surface area contributed by atoms with E-state index < -0.39 is 0 Å². The molecule has 1 amide bonds. The molecule has 6 nitrogen and oxygen atoms in total. The highest BCUT2D eigenvalue weighted by atomic mass is 35.5. The van der Waals surface area contributed by atoms with Crippen LogP contribution in [0.5, 0.6) is 0 Å². The zero-order valence-electron chi connectivity index (χ0n) is 19.8. The summed E-state index contributed by atoms with van der Waals surface area (Å²) >= 11 is 7.39. The van der Waals surface area contributed by atoms with Crippen molar-refractivity contribution in [3.05, 3.63) is 70.7 Å². The Hall–Kier alpha value is -3.03. The molecule has 0 atom stereocenters. The monoisotopic (exact) mass is 493 g/mol. The fourth-order valence-electron chi connectivity index (χ4n) is 3.83. The van der Waals surface area contributed by atoms with E-state index in [-0.39, 0.29) is 5.91 Å². The van der Waals surface area contributed by atoms with Crippen molar-refractivity contribution < 1.29 is 4.79 Å². The maximum atomic E-state index is 12.5. The molecule has 0 aliphatic rings. The zero-order chi connectivity index (χ0) is 24.2. The summed E-state index contributed by atoms with van der Waals surface area (Å²) in [5.74, 6) is 0.238. The first-order valence-corrected chi connectivity index (χ1v) is 12.7. The largest absolute Gasteiger partial charge is 0.372 e. The molecule has 0 saturated carbocycles. The molecular weight excluding hydrogens is 466 g/mol. The van der Waals surface area contributed by atoms with Crippen LogP contribution in [0.15, 0.2) is 59.5 Å². The Morgan fingerprint density at radius 1 is 0.971 bits per heavy atom. The van der Waals surface area contributed by atoms with Gasteiger partial charge in [-0.2, -0.15) is 4.80 Å². The summed E-state index contributed by atoms with van der Waals surface area (Å²) < 4.78 is 0. The summed E-state index contributed by atoms with van der Waals surface area (Å²) in [6, 6.07) is 17.7. The summed E-state index contributed by atoms with van der Waals surface area (Å²) in [7, 11) is 0. The SMILES string of the molecule is CCN(CC)c1ccc(-n2nc3cc(C)c(NC(=O)CSc4ccc(Cl)cc4)cc3n2)c(C)c1. The Morgan fingerprint density at radius 3 is 2.29 bits per heavy atom. The van der Waals surface area contributed by atoms with Crippen LogP contribution in [0.25, 0.3) is 16.7 Å². The van der Waals surface area contributed by atoms with Crippen molar-refractivity contribution in [3.8, 4) is 5.69 Å². The number of nitrogens with zero attached hydrogens (tertiary/aromatic N) is 4. The average Bonchev–Trinajstić information content (AvgIpc) is 3.22. The number of hydrogen-bond donors (Lipinski definition) is 1. The molecule has 0 unspecified atom stereocenters. The molecule has 0 radical (unpaired) electrons. The van der Waals surface area contributed by atoms with E-state index in [1.165, 1.54) is 17.4 Å². The summed E-state index contributed by atoms with van der Waals surface area (Å²) in [4.78, 5) is 17.5. The third kappa shape index (κ3) is 5.37. The van der Waals surface area contributed by atoms with Gasteiger partial charge in [0.1, 0.15) is 11.0 Å². The van der Waals surface area contributed by atoms with Crippen molar-refractivity contribution >= 4 is 51.7 Å². The fraction of sp³-hybridized carbons (Fsp3) is 0.269. The number of thioether (sulfide) groups is 1. The molecule has 0 saturated heterocycles. The summed E-state index contributed by atoms with van der Waals surface area (Å²) in [6.45, 7) is 10.3. The molecule has 1 aromatic heterocycles. The number of rotatable bonds is 8. The van der Waals surface area contributed by atoms with E-state index in [0.29, 0.717) is 10.8 Å². The number of aryl methyl sites for hydroxylation is 2. The minimum Gasteiger partial charge on any atom is -0.372 e. The Labute approximate surface area is 209 Å². The van der Waals surface area contributed by atoms with Gasteiger partial charge in [0.15, 0.2) is 0 Å². The first-order chi connectivity index (χ1) is 16.4. The normalized spacial score (nSPS) is 11.1. The third-order valence-electron chi connectivity index (χ3n) is 5.71. The van der Waals surface area contributed by atoms with Crippen LogP contribution in [-0.4, -0.2) is 39.7 Å². The van der Waals surface area contributed by atoms with Crippen molar-refractivity contribution in [2.45, 2.75) is 32.6 Å². The van der Waals surface area contributed by atoms with Gasteiger partial charge in [-0.05, 0) is 93.4 Å². The van der Waals surface area contributed by atoms with Gasteiger partial charge in [0, 0.05) is 34.4 Å². The van der Waals surface area contributed by atoms with Gasteiger partial charge in [-0.1, -0.05) is 11.6 Å². The number of halogens is 1. The lowest BCUT2D eigenvalue weighted by Gasteiger charge is -2.22. The summed E-state index contributed by atoms with van der Waals surface area (Å²) in [5, 5.41) is 13.1. The molecule has 0 bridgehead atoms. The van der Waals surface area contributed by atoms with Crippen LogP contribution in [-0.2, 0) is 4.79 Å². The Morgan fingerprint density at radius 2 is 1.65 bits per heavy atom. The van der Waals surface area contributed by atoms with Gasteiger partial charge in [0.25, 0.3) is 0 Å². The number of amides is 1. The molecule has 0 spiro atoms. The second-order valence-corrected chi connectivity index (χ2v) is 9.56. The quantitative estimate of drug-likeness (QED) is 0.293. The number of nitrogens with one attached hydrogen (secondary N) is 1. The number of aromatic nitrogens is 3. The topological polar surface area (TPSA) is 63.1 Å². The minimum absolute atomic E-state index is 0.0716. The van der Waals surface area contributed by atoms with E-state index in [4.69, 9.17) is 16.7 Å². The molecule has 4 aromatic rings. The minimum atomic E-state index is -0.0716. The van der Waals surface area contributed by atoms with E-state index >= 15 is 0 Å². The second-order valence-electron chi connectivity index (χ2n) is 8.08. The summed E-state index contributed by atoms with van der Waals surface area (Å²) in [6.07, 6.45) is 0. The molecule has 1 heterocycles. The summed E-state index contributed by atoms with van der Waals surface area (Å²) in [5.41, 5.74) is 6.45. The number of anilines is 2. The lowest BCUT2D eigenvalue weighted by atomic mass is 10.1. The van der Waals surface area contributed by atoms with Gasteiger partial charge >= 0.3 is 0 Å². The van der Waals surface area contributed by atoms with E-state index in [0.717, 1.165) is 51.5 Å². The van der Waals surface area contributed by atoms with Crippen LogP contribution in [0.1, 0.15) is 25.0 Å². The number of hydrogen-bond acceptors (Lipinski definition) is 5. The van der Waals surface area contributed by atoms with Crippen LogP contribution in [0.3, 0.4) is 0 Å². The van der Waals surface area contributed by atoms with Gasteiger partial charge in [-0.25, -0.2) is 0 Å². The van der Waals surface area contributed by atoms with Gasteiger partial charge in [0.05, 0.1) is 11.4 Å². The van der Waals surface area contributed by atoms with Crippen LogP contribution >= 0.6 is 23.4 Å². The molecule has 3 aromatic carbocycles. The standard InChI is InChI=1S/C26H28ClN5OS/c1-5-31(6-2)20-9-12-25(18(4)13-20)32-29-23-14-17(3)22(15-24(23)30-32)28-26(33)16-34-21-10-7-19(27)8-11-21/h7-15H,5-6,16H2,1-4H3,(H,28,33). The highest BCUT2D eigenvalue weighted by Gasteiger charge is 2.13. The number of carbonyl (C=O) groups is 1. The molecule has 0 aliphatic heterocycles. The van der Waals surface area contributed by atoms with E-state index in [1.54, 1.807) is 4.80 Å². The Kier molecular flexibility index (Phi) is 7.44. The second kappa shape index (κ2) is 10.5. The van der Waals surface area contributed by atoms with Crippen molar-refractivity contribution in [3.63, 3.8) is 0 Å². The molecule has 8 heteroatoms. The van der Waals surface area contributed by atoms with E-state index in [2.05, 4.69) is 54.3 Å². The third-order valence-corrected chi connectivity index (χ3v) is 6.97. The lowest BCUT2D eigenvalue weighted by molar-refractivity contribution is -0.113. The highest BCUT2D eigenvalue weighted by molar-refractivity contribution is 8.00. The molecular formula is C26H28ClN5OS. The van der Waals surface area contributed by atoms with Gasteiger partial charge in [-0.3, -0.25) is 4.79 Å². The van der Waals surface area contributed by atoms with E-state index in [1.807, 2.05) is 43.3 Å². The number of carbonyl (C=O) groups excluding carboxylic acids is 1. The molecule has 176 valence electrons. The van der Waals surface area contributed by atoms with E-state index in [9.17, 15) is 4.79 Å². The zero-order valence-corrected chi connectivity index (χ0v) is 21.4. The first-order valence-electron chi connectivity index (χ1n) is 11.3. The van der Waals surface area contributed by atoms with Crippen LogP contribution < -0.4 is 10.2 Å². The van der Waals surface area contributed by atoms with Crippen LogP contribution in [0.4, 0.5) is 11.4 Å². The fourth-order valence-corrected chi connectivity index (χ4v) is 4.65. The van der Waals surface area contributed by atoms with Crippen molar-refractivity contribution in [2.75, 3.05) is 29.1 Å². The predicted octanol–water partition coefficient (Wildman–Crippen LogP) is 6.27. The molecule has 0 fully saturated rings. The average molecular weight is 494 g/mol. The van der Waals surface area contributed by atoms with Crippen LogP contribution in [0, 0.1) is 13.8 Å². The maximum absolute atomic E-state index is 12.5. The van der Waals surface area contributed by atoms with Gasteiger partial charge in [0.2, 0.25) is 5.91 Å². The smallest absolute Gasteiger partial charge is 0.234 e. The van der Waals surface area contributed by atoms with Crippen molar-refractivity contribution in [1.82, 2.24) is 15.0 Å². The molecule has 0 aliphatic carbocycles. The van der Waals surface area contributed by atoms with Gasteiger partial charge < -0.3 is 10.2 Å². The molecule has 34 heavy (non-hydrogen) atoms. The molecule has 4 rings (SSSR count). The lowest BCUT2D eigenvalue weighted by Crippen LogP contribution is -2.21. The number of benzene rings is 3. The number of fused-ring (bicyclic) bond motifs is 1. The van der Waals surface area contributed by atoms with Gasteiger partial charge in [-0.15, -0.1) is 22.0 Å².